The second kappa shape index (κ2) is 8.86. The molecule has 0 saturated carbocycles. The maximum Gasteiger partial charge on any atom is 0.241 e. The Bertz CT molecular complexity index is 905. The lowest BCUT2D eigenvalue weighted by Crippen LogP contribution is -2.45. The van der Waals surface area contributed by atoms with E-state index in [0.717, 1.165) is 44.0 Å². The van der Waals surface area contributed by atoms with E-state index < -0.39 is 0 Å². The SMILES string of the molecule is COc1ccc(-c2noc(CN3CCN(Cc4ccccc4Br)CC3)n2)cc1. The molecule has 0 spiro atoms. The van der Waals surface area contributed by atoms with Crippen LogP contribution in [0.2, 0.25) is 0 Å². The summed E-state index contributed by atoms with van der Waals surface area (Å²) in [6, 6.07) is 16.1. The summed E-state index contributed by atoms with van der Waals surface area (Å²) in [6.45, 7) is 5.69. The number of halogens is 1. The maximum atomic E-state index is 5.46. The van der Waals surface area contributed by atoms with Crippen molar-refractivity contribution in [3.63, 3.8) is 0 Å². The van der Waals surface area contributed by atoms with Gasteiger partial charge in [-0.2, -0.15) is 4.98 Å². The fourth-order valence-corrected chi connectivity index (χ4v) is 3.75. The largest absolute Gasteiger partial charge is 0.497 e. The Labute approximate surface area is 173 Å². The lowest BCUT2D eigenvalue weighted by atomic mass is 10.2. The highest BCUT2D eigenvalue weighted by atomic mass is 79.9. The Morgan fingerprint density at radius 3 is 2.32 bits per heavy atom. The van der Waals surface area contributed by atoms with Gasteiger partial charge in [-0.25, -0.2) is 0 Å². The first-order valence-corrected chi connectivity index (χ1v) is 10.2. The number of ether oxygens (including phenoxy) is 1. The summed E-state index contributed by atoms with van der Waals surface area (Å²) < 4.78 is 11.8. The molecule has 0 N–H and O–H groups in total. The van der Waals surface area contributed by atoms with Crippen molar-refractivity contribution in [2.75, 3.05) is 33.3 Å². The molecule has 1 aliphatic rings. The van der Waals surface area contributed by atoms with E-state index in [-0.39, 0.29) is 0 Å². The smallest absolute Gasteiger partial charge is 0.241 e. The molecule has 1 fully saturated rings. The summed E-state index contributed by atoms with van der Waals surface area (Å²) in [6.07, 6.45) is 0. The van der Waals surface area contributed by atoms with Crippen molar-refractivity contribution >= 4 is 15.9 Å². The van der Waals surface area contributed by atoms with Gasteiger partial charge in [-0.3, -0.25) is 9.80 Å². The van der Waals surface area contributed by atoms with Crippen LogP contribution in [0.4, 0.5) is 0 Å². The van der Waals surface area contributed by atoms with Crippen LogP contribution in [0.5, 0.6) is 5.75 Å². The van der Waals surface area contributed by atoms with E-state index in [9.17, 15) is 0 Å². The number of benzene rings is 2. The molecule has 28 heavy (non-hydrogen) atoms. The molecule has 3 aromatic rings. The van der Waals surface area contributed by atoms with Gasteiger partial charge >= 0.3 is 0 Å². The topological polar surface area (TPSA) is 54.6 Å². The zero-order valence-electron chi connectivity index (χ0n) is 15.8. The molecule has 0 atom stereocenters. The Balaban J connectivity index is 1.30. The molecule has 4 rings (SSSR count). The number of nitrogens with zero attached hydrogens (tertiary/aromatic N) is 4. The van der Waals surface area contributed by atoms with Gasteiger partial charge in [-0.15, -0.1) is 0 Å². The van der Waals surface area contributed by atoms with Gasteiger partial charge in [0.05, 0.1) is 13.7 Å². The summed E-state index contributed by atoms with van der Waals surface area (Å²) in [5.74, 6) is 2.09. The van der Waals surface area contributed by atoms with Crippen molar-refractivity contribution in [2.24, 2.45) is 0 Å². The zero-order valence-corrected chi connectivity index (χ0v) is 17.4. The van der Waals surface area contributed by atoms with Gasteiger partial charge in [0.15, 0.2) is 0 Å². The standard InChI is InChI=1S/C21H23BrN4O2/c1-27-18-8-6-16(7-9-18)21-23-20(28-24-21)15-26-12-10-25(11-13-26)14-17-4-2-3-5-19(17)22/h2-9H,10-15H2,1H3. The highest BCUT2D eigenvalue weighted by Gasteiger charge is 2.20. The molecule has 2 heterocycles. The molecule has 0 unspecified atom stereocenters. The molecule has 0 aliphatic carbocycles. The van der Waals surface area contributed by atoms with Gasteiger partial charge in [0.2, 0.25) is 11.7 Å². The Hall–Kier alpha value is -2.22. The van der Waals surface area contributed by atoms with E-state index in [1.54, 1.807) is 7.11 Å². The monoisotopic (exact) mass is 442 g/mol. The third-order valence-electron chi connectivity index (χ3n) is 4.99. The van der Waals surface area contributed by atoms with E-state index in [2.05, 4.69) is 60.1 Å². The molecule has 1 aliphatic heterocycles. The molecule has 0 amide bonds. The normalized spacial score (nSPS) is 15.6. The average Bonchev–Trinajstić information content (AvgIpc) is 3.20. The second-order valence-electron chi connectivity index (χ2n) is 6.88. The molecule has 6 nitrogen and oxygen atoms in total. The molecule has 0 radical (unpaired) electrons. The Morgan fingerprint density at radius 2 is 1.64 bits per heavy atom. The maximum absolute atomic E-state index is 5.46. The molecule has 0 bridgehead atoms. The van der Waals surface area contributed by atoms with E-state index in [4.69, 9.17) is 9.26 Å². The Kier molecular flexibility index (Phi) is 6.04. The summed E-state index contributed by atoms with van der Waals surface area (Å²) in [5.41, 5.74) is 2.26. The van der Waals surface area contributed by atoms with E-state index >= 15 is 0 Å². The van der Waals surface area contributed by atoms with E-state index in [0.29, 0.717) is 18.3 Å². The molecule has 146 valence electrons. The zero-order chi connectivity index (χ0) is 19.3. The quantitative estimate of drug-likeness (QED) is 0.578. The van der Waals surface area contributed by atoms with Crippen LogP contribution in [0, 0.1) is 0 Å². The number of hydrogen-bond acceptors (Lipinski definition) is 6. The first-order valence-electron chi connectivity index (χ1n) is 9.36. The van der Waals surface area contributed by atoms with Crippen molar-refractivity contribution < 1.29 is 9.26 Å². The first-order chi connectivity index (χ1) is 13.7. The van der Waals surface area contributed by atoms with Crippen LogP contribution in [-0.4, -0.2) is 53.2 Å². The van der Waals surface area contributed by atoms with E-state index in [1.807, 2.05) is 24.3 Å². The Morgan fingerprint density at radius 1 is 0.964 bits per heavy atom. The first kappa shape index (κ1) is 19.1. The fourth-order valence-electron chi connectivity index (χ4n) is 3.34. The summed E-state index contributed by atoms with van der Waals surface area (Å²) in [5, 5.41) is 4.12. The minimum Gasteiger partial charge on any atom is -0.497 e. The lowest BCUT2D eigenvalue weighted by Gasteiger charge is -2.34. The van der Waals surface area contributed by atoms with Gasteiger partial charge in [0, 0.05) is 42.8 Å². The number of piperazine rings is 1. The lowest BCUT2D eigenvalue weighted by molar-refractivity contribution is 0.112. The second-order valence-corrected chi connectivity index (χ2v) is 7.74. The molecule has 1 aromatic heterocycles. The van der Waals surface area contributed by atoms with Crippen molar-refractivity contribution in [3.8, 4) is 17.1 Å². The fraction of sp³-hybridized carbons (Fsp3) is 0.333. The third kappa shape index (κ3) is 4.60. The van der Waals surface area contributed by atoms with E-state index in [1.165, 1.54) is 10.0 Å². The molecule has 1 saturated heterocycles. The highest BCUT2D eigenvalue weighted by molar-refractivity contribution is 9.10. The van der Waals surface area contributed by atoms with Crippen molar-refractivity contribution in [3.05, 3.63) is 64.5 Å². The number of aromatic nitrogens is 2. The molecule has 7 heteroatoms. The minimum absolute atomic E-state index is 0.616. The predicted molar refractivity (Wildman–Crippen MR) is 111 cm³/mol. The van der Waals surface area contributed by atoms with Crippen LogP contribution < -0.4 is 4.74 Å². The van der Waals surface area contributed by atoms with Crippen LogP contribution in [-0.2, 0) is 13.1 Å². The minimum atomic E-state index is 0.616. The summed E-state index contributed by atoms with van der Waals surface area (Å²) in [4.78, 5) is 9.39. The predicted octanol–water partition coefficient (Wildman–Crippen LogP) is 3.83. The summed E-state index contributed by atoms with van der Waals surface area (Å²) in [7, 11) is 1.65. The van der Waals surface area contributed by atoms with Crippen LogP contribution >= 0.6 is 15.9 Å². The van der Waals surface area contributed by atoms with Crippen molar-refractivity contribution in [1.29, 1.82) is 0 Å². The number of rotatable bonds is 6. The van der Waals surface area contributed by atoms with Crippen LogP contribution in [0.25, 0.3) is 11.4 Å². The molecular formula is C21H23BrN4O2. The van der Waals surface area contributed by atoms with Gasteiger partial charge in [0.1, 0.15) is 5.75 Å². The van der Waals surface area contributed by atoms with Gasteiger partial charge in [0.25, 0.3) is 0 Å². The van der Waals surface area contributed by atoms with Crippen LogP contribution in [0.3, 0.4) is 0 Å². The van der Waals surface area contributed by atoms with Gasteiger partial charge in [-0.05, 0) is 35.9 Å². The number of methoxy groups -OCH3 is 1. The molecule has 2 aromatic carbocycles. The third-order valence-corrected chi connectivity index (χ3v) is 5.77. The average molecular weight is 443 g/mol. The van der Waals surface area contributed by atoms with Crippen molar-refractivity contribution in [2.45, 2.75) is 13.1 Å². The molecular weight excluding hydrogens is 420 g/mol. The van der Waals surface area contributed by atoms with Gasteiger partial charge < -0.3 is 9.26 Å². The number of hydrogen-bond donors (Lipinski definition) is 0. The van der Waals surface area contributed by atoms with Gasteiger partial charge in [-0.1, -0.05) is 39.3 Å². The van der Waals surface area contributed by atoms with Crippen molar-refractivity contribution in [1.82, 2.24) is 19.9 Å². The van der Waals surface area contributed by atoms with Crippen LogP contribution in [0.15, 0.2) is 57.5 Å². The summed E-state index contributed by atoms with van der Waals surface area (Å²) >= 11 is 3.64. The highest BCUT2D eigenvalue weighted by Crippen LogP contribution is 2.21. The van der Waals surface area contributed by atoms with Crippen LogP contribution in [0.1, 0.15) is 11.5 Å².